The molecule has 0 spiro atoms. The Morgan fingerprint density at radius 2 is 1.84 bits per heavy atom. The maximum Gasteiger partial charge on any atom is 0.288 e. The van der Waals surface area contributed by atoms with Gasteiger partial charge in [-0.3, -0.25) is 9.83 Å². The van der Waals surface area contributed by atoms with Crippen molar-refractivity contribution in [1.29, 1.82) is 0 Å². The van der Waals surface area contributed by atoms with Crippen molar-refractivity contribution >= 4 is 43.7 Å². The fourth-order valence-corrected chi connectivity index (χ4v) is 8.67. The van der Waals surface area contributed by atoms with Gasteiger partial charge in [-0.1, -0.05) is 11.8 Å². The summed E-state index contributed by atoms with van der Waals surface area (Å²) in [4.78, 5) is 10.6. The Bertz CT molecular complexity index is 1930. The van der Waals surface area contributed by atoms with Crippen molar-refractivity contribution in [3.05, 3.63) is 48.3 Å². The minimum absolute atomic E-state index is 0.0830. The number of alkyl halides is 2. The number of hydrogen-bond donors (Lipinski definition) is 3. The number of aromatic nitrogens is 4. The third-order valence-electron chi connectivity index (χ3n) is 8.58. The molecular weight excluding hydrogens is 609 g/mol. The molecule has 1 saturated heterocycles. The molecule has 4 aromatic rings. The van der Waals surface area contributed by atoms with Crippen LogP contribution in [0.4, 0.5) is 14.5 Å². The Labute approximate surface area is 258 Å². The van der Waals surface area contributed by atoms with Crippen LogP contribution in [-0.2, 0) is 14.9 Å². The van der Waals surface area contributed by atoms with Crippen molar-refractivity contribution in [2.24, 2.45) is 5.10 Å². The zero-order chi connectivity index (χ0) is 31.2. The number of nitrogens with one attached hydrogen (secondary N) is 3. The van der Waals surface area contributed by atoms with E-state index in [9.17, 15) is 17.2 Å². The van der Waals surface area contributed by atoms with Gasteiger partial charge in [-0.2, -0.15) is 5.10 Å². The second-order valence-electron chi connectivity index (χ2n) is 12.6. The van der Waals surface area contributed by atoms with Gasteiger partial charge in [0, 0.05) is 48.7 Å². The summed E-state index contributed by atoms with van der Waals surface area (Å²) in [6, 6.07) is 5.83. The van der Waals surface area contributed by atoms with Crippen molar-refractivity contribution in [3.8, 4) is 11.3 Å². The maximum atomic E-state index is 13.9. The average molecular weight is 644 g/mol. The first-order valence-electron chi connectivity index (χ1n) is 14.6. The molecule has 234 valence electrons. The zero-order valence-electron chi connectivity index (χ0n) is 25.1. The van der Waals surface area contributed by atoms with E-state index in [4.69, 9.17) is 4.98 Å². The van der Waals surface area contributed by atoms with Crippen LogP contribution in [0.2, 0.25) is 0 Å². The Morgan fingerprint density at radius 3 is 2.50 bits per heavy atom. The van der Waals surface area contributed by atoms with Crippen LogP contribution in [0.25, 0.3) is 22.4 Å². The van der Waals surface area contributed by atoms with E-state index in [1.165, 1.54) is 0 Å². The molecule has 44 heavy (non-hydrogen) atoms. The van der Waals surface area contributed by atoms with Crippen molar-refractivity contribution in [1.82, 2.24) is 34.2 Å². The first-order chi connectivity index (χ1) is 20.8. The summed E-state index contributed by atoms with van der Waals surface area (Å²) in [5.74, 6) is 0.785. The van der Waals surface area contributed by atoms with Crippen LogP contribution in [0.1, 0.15) is 52.1 Å². The lowest BCUT2D eigenvalue weighted by atomic mass is 10.1. The van der Waals surface area contributed by atoms with Gasteiger partial charge in [0.05, 0.1) is 28.8 Å². The van der Waals surface area contributed by atoms with Gasteiger partial charge in [0.1, 0.15) is 15.6 Å². The van der Waals surface area contributed by atoms with Crippen LogP contribution in [0, 0.1) is 6.92 Å². The fraction of sp³-hybridized carbons (Fsp3) is 0.483. The van der Waals surface area contributed by atoms with Gasteiger partial charge < -0.3 is 14.6 Å². The first kappa shape index (κ1) is 29.4. The van der Waals surface area contributed by atoms with E-state index in [0.717, 1.165) is 41.5 Å². The summed E-state index contributed by atoms with van der Waals surface area (Å²) in [5.41, 5.74) is 6.31. The standard InChI is InChI=1S/C29H35F2N9O2S2/c1-16-12-38(13-17(2)33-16)22-10-21(44(41,42)37-28(4)8-9-28)15-40-24(29(5)36-35-27(43-29)25(30)31)23(34-26(22)40)19-6-7-20-11-32-18(3)39(20)14-19/h6-7,10-11,14-17,25,33,36-37H,8-9,12-13H2,1-5H3/t16-,17-,29?/m0/s1. The summed E-state index contributed by atoms with van der Waals surface area (Å²) in [7, 11) is -3.93. The third kappa shape index (κ3) is 5.03. The number of anilines is 1. The van der Waals surface area contributed by atoms with Gasteiger partial charge in [0.15, 0.2) is 10.7 Å². The summed E-state index contributed by atoms with van der Waals surface area (Å²) < 4.78 is 62.0. The summed E-state index contributed by atoms with van der Waals surface area (Å²) >= 11 is 0.907. The Kier molecular flexibility index (Phi) is 6.77. The number of hydrazone groups is 1. The highest BCUT2D eigenvalue weighted by atomic mass is 32.2. The monoisotopic (exact) mass is 643 g/mol. The van der Waals surface area contributed by atoms with Gasteiger partial charge in [0.25, 0.3) is 6.43 Å². The van der Waals surface area contributed by atoms with E-state index >= 15 is 0 Å². The number of halogens is 2. The molecule has 7 rings (SSSR count). The minimum Gasteiger partial charge on any atom is -0.365 e. The second-order valence-corrected chi connectivity index (χ2v) is 15.7. The molecule has 0 amide bonds. The largest absolute Gasteiger partial charge is 0.365 e. The van der Waals surface area contributed by atoms with E-state index in [1.54, 1.807) is 29.8 Å². The highest BCUT2D eigenvalue weighted by Gasteiger charge is 2.44. The molecule has 3 atom stereocenters. The van der Waals surface area contributed by atoms with Crippen LogP contribution in [0.5, 0.6) is 0 Å². The predicted molar refractivity (Wildman–Crippen MR) is 168 cm³/mol. The van der Waals surface area contributed by atoms with Gasteiger partial charge in [0.2, 0.25) is 10.0 Å². The van der Waals surface area contributed by atoms with Crippen LogP contribution in [0.15, 0.2) is 46.8 Å². The van der Waals surface area contributed by atoms with Crippen LogP contribution >= 0.6 is 11.8 Å². The Morgan fingerprint density at radius 1 is 1.11 bits per heavy atom. The Hall–Kier alpha value is -3.27. The number of hydrogen-bond acceptors (Lipinski definition) is 9. The number of nitrogens with zero attached hydrogens (tertiary/aromatic N) is 6. The molecule has 6 heterocycles. The number of piperazine rings is 1. The van der Waals surface area contributed by atoms with Crippen molar-refractivity contribution in [2.45, 2.75) is 81.3 Å². The number of fused-ring (bicyclic) bond motifs is 2. The number of thioether (sulfide) groups is 1. The predicted octanol–water partition coefficient (Wildman–Crippen LogP) is 4.06. The van der Waals surface area contributed by atoms with Crippen molar-refractivity contribution < 1.29 is 17.2 Å². The smallest absolute Gasteiger partial charge is 0.288 e. The van der Waals surface area contributed by atoms with Gasteiger partial charge in [-0.25, -0.2) is 31.9 Å². The average Bonchev–Trinajstić information content (AvgIpc) is 3.28. The van der Waals surface area contributed by atoms with Crippen LogP contribution in [-0.4, -0.2) is 69.4 Å². The van der Waals surface area contributed by atoms with Gasteiger partial charge in [-0.15, -0.1) is 0 Å². The molecule has 1 saturated carbocycles. The first-order valence-corrected chi connectivity index (χ1v) is 16.9. The van der Waals surface area contributed by atoms with Crippen molar-refractivity contribution in [2.75, 3.05) is 18.0 Å². The molecule has 0 bridgehead atoms. The number of pyridine rings is 2. The van der Waals surface area contributed by atoms with E-state index in [1.807, 2.05) is 36.6 Å². The molecular formula is C29H35F2N9O2S2. The minimum atomic E-state index is -3.93. The van der Waals surface area contributed by atoms with E-state index in [-0.39, 0.29) is 22.0 Å². The van der Waals surface area contributed by atoms with Crippen LogP contribution in [0.3, 0.4) is 0 Å². The number of sulfonamides is 1. The van der Waals surface area contributed by atoms with Gasteiger partial charge in [-0.05, 0) is 65.7 Å². The van der Waals surface area contributed by atoms with Crippen molar-refractivity contribution in [3.63, 3.8) is 0 Å². The van der Waals surface area contributed by atoms with Gasteiger partial charge >= 0.3 is 0 Å². The van der Waals surface area contributed by atoms with E-state index in [0.29, 0.717) is 35.8 Å². The fourth-order valence-electron chi connectivity index (χ4n) is 6.21. The lowest BCUT2D eigenvalue weighted by molar-refractivity contribution is 0.229. The molecule has 15 heteroatoms. The lowest BCUT2D eigenvalue weighted by Gasteiger charge is -2.38. The second kappa shape index (κ2) is 10.1. The molecule has 3 aliphatic rings. The molecule has 1 unspecified atom stereocenters. The maximum absolute atomic E-state index is 13.9. The molecule has 4 aromatic heterocycles. The molecule has 2 fully saturated rings. The quantitative estimate of drug-likeness (QED) is 0.276. The molecule has 3 N–H and O–H groups in total. The summed E-state index contributed by atoms with van der Waals surface area (Å²) in [6.45, 7) is 11.0. The molecule has 2 aliphatic heterocycles. The zero-order valence-corrected chi connectivity index (χ0v) is 26.7. The molecule has 0 radical (unpaired) electrons. The number of aryl methyl sites for hydroxylation is 1. The Balaban J connectivity index is 1.51. The molecule has 1 aliphatic carbocycles. The summed E-state index contributed by atoms with van der Waals surface area (Å²) in [5, 5.41) is 7.17. The van der Waals surface area contributed by atoms with E-state index < -0.39 is 26.9 Å². The SMILES string of the molecule is Cc1ncc2ccc(-c3nc4c(N5C[C@H](C)N[C@@H](C)C5)cc(S(=O)(=O)NC5(C)CC5)cn4c3C3(C)NN=C(C(F)F)S3)cn12. The molecule has 11 nitrogen and oxygen atoms in total. The topological polar surface area (TPSA) is 120 Å². The summed E-state index contributed by atoms with van der Waals surface area (Å²) in [6.07, 6.45) is 4.01. The highest BCUT2D eigenvalue weighted by molar-refractivity contribution is 8.15. The van der Waals surface area contributed by atoms with E-state index in [2.05, 4.69) is 44.3 Å². The number of rotatable bonds is 7. The molecule has 0 aromatic carbocycles. The van der Waals surface area contributed by atoms with Crippen LogP contribution < -0.4 is 20.4 Å². The lowest BCUT2D eigenvalue weighted by Crippen LogP contribution is -2.54. The third-order valence-corrected chi connectivity index (χ3v) is 11.4. The number of imidazole rings is 2. The normalized spacial score (nSPS) is 25.2. The highest BCUT2D eigenvalue weighted by Crippen LogP contribution is 2.46.